The largest absolute Gasteiger partial charge is 0.390 e. The van der Waals surface area contributed by atoms with Gasteiger partial charge in [0.1, 0.15) is 0 Å². The van der Waals surface area contributed by atoms with Gasteiger partial charge in [0.25, 0.3) is 0 Å². The van der Waals surface area contributed by atoms with Crippen LogP contribution in [0.3, 0.4) is 0 Å². The topological polar surface area (TPSA) is 63.4 Å². The predicted molar refractivity (Wildman–Crippen MR) is 89.8 cm³/mol. The third kappa shape index (κ3) is 2.92. The number of methoxy groups -OCH3 is 2. The molecular formula is C19H34NO4+. The second kappa shape index (κ2) is 6.84. The van der Waals surface area contributed by atoms with Gasteiger partial charge in [0.2, 0.25) is 0 Å². The molecule has 2 heterocycles. The lowest BCUT2D eigenvalue weighted by molar-refractivity contribution is -0.947. The number of hydrogen-bond donors (Lipinski definition) is 3. The van der Waals surface area contributed by atoms with Gasteiger partial charge in [-0.3, -0.25) is 0 Å². The van der Waals surface area contributed by atoms with E-state index in [2.05, 4.69) is 0 Å². The predicted octanol–water partition coefficient (Wildman–Crippen LogP) is -0.148. The van der Waals surface area contributed by atoms with Crippen molar-refractivity contribution < 1.29 is 24.6 Å². The quantitative estimate of drug-likeness (QED) is 0.654. The molecule has 3 N–H and O–H groups in total. The minimum atomic E-state index is -0.303. The van der Waals surface area contributed by atoms with E-state index in [4.69, 9.17) is 9.47 Å². The molecule has 2 saturated carbocycles. The number of piperidine rings is 2. The molecule has 5 nitrogen and oxygen atoms in total. The van der Waals surface area contributed by atoms with Gasteiger partial charge in [0.15, 0.2) is 0 Å². The summed E-state index contributed by atoms with van der Waals surface area (Å²) in [7, 11) is 3.46. The Morgan fingerprint density at radius 2 is 1.46 bits per heavy atom. The van der Waals surface area contributed by atoms with Crippen molar-refractivity contribution in [3.8, 4) is 0 Å². The molecule has 0 bridgehead atoms. The van der Waals surface area contributed by atoms with Crippen LogP contribution in [0.4, 0.5) is 0 Å². The Morgan fingerprint density at radius 1 is 0.792 bits per heavy atom. The van der Waals surface area contributed by atoms with Crippen molar-refractivity contribution in [2.75, 3.05) is 27.3 Å². The molecule has 0 radical (unpaired) electrons. The Bertz CT molecular complexity index is 441. The molecule has 0 spiro atoms. The maximum Gasteiger partial charge on any atom is 0.0909 e. The first-order valence-corrected chi connectivity index (χ1v) is 9.87. The number of ether oxygens (including phenoxy) is 2. The van der Waals surface area contributed by atoms with Crippen molar-refractivity contribution in [2.24, 2.45) is 23.7 Å². The zero-order valence-electron chi connectivity index (χ0n) is 15.1. The van der Waals surface area contributed by atoms with Gasteiger partial charge in [-0.15, -0.1) is 0 Å². The van der Waals surface area contributed by atoms with Gasteiger partial charge in [-0.1, -0.05) is 0 Å². The maximum atomic E-state index is 10.4. The maximum absolute atomic E-state index is 10.4. The summed E-state index contributed by atoms with van der Waals surface area (Å²) >= 11 is 0. The normalized spacial score (nSPS) is 54.5. The van der Waals surface area contributed by atoms with E-state index in [1.807, 2.05) is 0 Å². The fourth-order valence-corrected chi connectivity index (χ4v) is 6.54. The summed E-state index contributed by atoms with van der Waals surface area (Å²) < 4.78 is 11.0. The summed E-state index contributed by atoms with van der Waals surface area (Å²) in [5, 5.41) is 20.8. The van der Waals surface area contributed by atoms with E-state index >= 15 is 0 Å². The van der Waals surface area contributed by atoms with Crippen LogP contribution >= 0.6 is 0 Å². The molecule has 138 valence electrons. The lowest BCUT2D eigenvalue weighted by Gasteiger charge is -2.54. The number of aliphatic hydroxyl groups is 2. The van der Waals surface area contributed by atoms with Crippen LogP contribution < -0.4 is 4.90 Å². The highest BCUT2D eigenvalue weighted by atomic mass is 16.5. The van der Waals surface area contributed by atoms with Crippen molar-refractivity contribution in [1.29, 1.82) is 0 Å². The number of hydrogen-bond acceptors (Lipinski definition) is 4. The van der Waals surface area contributed by atoms with Gasteiger partial charge in [0.05, 0.1) is 43.5 Å². The smallest absolute Gasteiger partial charge is 0.0909 e. The summed E-state index contributed by atoms with van der Waals surface area (Å²) in [6, 6.07) is 0.670. The molecular weight excluding hydrogens is 306 g/mol. The molecule has 0 aromatic carbocycles. The van der Waals surface area contributed by atoms with E-state index < -0.39 is 0 Å². The Labute approximate surface area is 145 Å². The van der Waals surface area contributed by atoms with Gasteiger partial charge in [0, 0.05) is 32.5 Å². The van der Waals surface area contributed by atoms with Crippen LogP contribution in [0.5, 0.6) is 0 Å². The fourth-order valence-electron chi connectivity index (χ4n) is 6.54. The second-order valence-corrected chi connectivity index (χ2v) is 8.81. The number of nitrogens with one attached hydrogen (secondary N) is 1. The Morgan fingerprint density at radius 3 is 2.17 bits per heavy atom. The molecule has 0 aromatic rings. The lowest BCUT2D eigenvalue weighted by Crippen LogP contribution is -3.19. The number of quaternary nitrogens is 1. The Hall–Kier alpha value is -0.200. The van der Waals surface area contributed by atoms with Crippen molar-refractivity contribution in [2.45, 2.75) is 69.0 Å². The minimum Gasteiger partial charge on any atom is -0.390 e. The molecule has 4 fully saturated rings. The molecule has 10 unspecified atom stereocenters. The Kier molecular flexibility index (Phi) is 4.91. The molecule has 10 atom stereocenters. The SMILES string of the molecule is COC1CC2C[NH+]3CCC4CC(OC)C(O)CC4C3CC2CC1O. The van der Waals surface area contributed by atoms with E-state index in [-0.39, 0.29) is 24.4 Å². The van der Waals surface area contributed by atoms with Crippen molar-refractivity contribution >= 4 is 0 Å². The Balaban J connectivity index is 1.47. The molecule has 24 heavy (non-hydrogen) atoms. The summed E-state index contributed by atoms with van der Waals surface area (Å²) in [5.41, 5.74) is 0. The van der Waals surface area contributed by atoms with Crippen LogP contribution in [0.25, 0.3) is 0 Å². The molecule has 2 aliphatic carbocycles. The fraction of sp³-hybridized carbons (Fsp3) is 1.00. The summed E-state index contributed by atoms with van der Waals surface area (Å²) in [4.78, 5) is 1.76. The highest BCUT2D eigenvalue weighted by molar-refractivity contribution is 4.96. The van der Waals surface area contributed by atoms with Crippen LogP contribution in [0.1, 0.15) is 38.5 Å². The average Bonchev–Trinajstić information content (AvgIpc) is 2.59. The zero-order valence-corrected chi connectivity index (χ0v) is 15.1. The number of rotatable bonds is 2. The van der Waals surface area contributed by atoms with Crippen LogP contribution in [0.15, 0.2) is 0 Å². The highest BCUT2D eigenvalue weighted by Gasteiger charge is 2.52. The molecule has 4 rings (SSSR count). The van der Waals surface area contributed by atoms with Crippen molar-refractivity contribution in [3.63, 3.8) is 0 Å². The molecule has 4 aliphatic rings. The van der Waals surface area contributed by atoms with Crippen LogP contribution in [0, 0.1) is 23.7 Å². The summed E-state index contributed by atoms with van der Waals surface area (Å²) in [5.74, 6) is 2.68. The van der Waals surface area contributed by atoms with E-state index in [0.717, 1.165) is 25.7 Å². The van der Waals surface area contributed by atoms with Crippen molar-refractivity contribution in [3.05, 3.63) is 0 Å². The van der Waals surface area contributed by atoms with Gasteiger partial charge < -0.3 is 24.6 Å². The monoisotopic (exact) mass is 340 g/mol. The lowest BCUT2D eigenvalue weighted by atomic mass is 9.62. The molecule has 0 amide bonds. The van der Waals surface area contributed by atoms with Crippen LogP contribution in [-0.2, 0) is 9.47 Å². The third-order valence-corrected chi connectivity index (χ3v) is 7.82. The van der Waals surface area contributed by atoms with Gasteiger partial charge in [-0.05, 0) is 43.9 Å². The first-order chi connectivity index (χ1) is 11.6. The van der Waals surface area contributed by atoms with Gasteiger partial charge in [-0.25, -0.2) is 0 Å². The second-order valence-electron chi connectivity index (χ2n) is 8.81. The minimum absolute atomic E-state index is 0.0266. The average molecular weight is 340 g/mol. The standard InChI is InChI=1S/C19H33NO4/c1-23-18-7-11-3-4-20-10-13-8-19(24-2)16(21)6-12(13)5-15(20)14(11)9-17(18)22/h11-19,21-22H,3-10H2,1-2H3/p+1. The van der Waals surface area contributed by atoms with E-state index in [1.54, 1.807) is 19.1 Å². The first kappa shape index (κ1) is 17.2. The molecule has 0 aromatic heterocycles. The summed E-state index contributed by atoms with van der Waals surface area (Å²) in [6.45, 7) is 2.50. The first-order valence-electron chi connectivity index (χ1n) is 9.87. The van der Waals surface area contributed by atoms with Crippen molar-refractivity contribution in [1.82, 2.24) is 0 Å². The van der Waals surface area contributed by atoms with E-state index in [9.17, 15) is 10.2 Å². The van der Waals surface area contributed by atoms with E-state index in [1.165, 1.54) is 25.9 Å². The van der Waals surface area contributed by atoms with Gasteiger partial charge >= 0.3 is 0 Å². The highest BCUT2D eigenvalue weighted by Crippen LogP contribution is 2.43. The third-order valence-electron chi connectivity index (χ3n) is 7.82. The zero-order chi connectivity index (χ0) is 16.8. The molecule has 2 aliphatic heterocycles. The molecule has 5 heteroatoms. The van der Waals surface area contributed by atoms with Crippen LogP contribution in [0.2, 0.25) is 0 Å². The van der Waals surface area contributed by atoms with Gasteiger partial charge in [-0.2, -0.15) is 0 Å². The van der Waals surface area contributed by atoms with E-state index in [0.29, 0.717) is 29.7 Å². The summed E-state index contributed by atoms with van der Waals surface area (Å²) in [6.07, 6.45) is 5.79. The number of fused-ring (bicyclic) bond motifs is 4. The molecule has 2 saturated heterocycles. The van der Waals surface area contributed by atoms with Crippen LogP contribution in [-0.4, -0.2) is 68.0 Å². The number of aliphatic hydroxyl groups excluding tert-OH is 2.